The molecule has 0 aliphatic carbocycles. The van der Waals surface area contributed by atoms with Crippen LogP contribution in [0.1, 0.15) is 39.0 Å². The van der Waals surface area contributed by atoms with Crippen LogP contribution in [-0.4, -0.2) is 42.6 Å². The van der Waals surface area contributed by atoms with E-state index in [4.69, 9.17) is 0 Å². The van der Waals surface area contributed by atoms with E-state index >= 15 is 0 Å². The Bertz CT molecular complexity index is 836. The third kappa shape index (κ3) is 4.50. The van der Waals surface area contributed by atoms with Crippen molar-refractivity contribution in [2.24, 2.45) is 5.92 Å². The summed E-state index contributed by atoms with van der Waals surface area (Å²) >= 11 is 1.63. The number of hydrogen-bond donors (Lipinski definition) is 1. The highest BCUT2D eigenvalue weighted by Crippen LogP contribution is 2.32. The Kier molecular flexibility index (Phi) is 5.94. The molecule has 2 saturated heterocycles. The van der Waals surface area contributed by atoms with Crippen LogP contribution in [0.3, 0.4) is 0 Å². The summed E-state index contributed by atoms with van der Waals surface area (Å²) in [6, 6.07) is 7.68. The number of amides is 3. The molecular formula is C22H27N3O3S. The number of rotatable bonds is 5. The predicted octanol–water partition coefficient (Wildman–Crippen LogP) is 3.08. The van der Waals surface area contributed by atoms with Crippen molar-refractivity contribution in [3.63, 3.8) is 0 Å². The van der Waals surface area contributed by atoms with Gasteiger partial charge in [0.05, 0.1) is 5.25 Å². The van der Waals surface area contributed by atoms with Crippen LogP contribution in [0.15, 0.2) is 35.2 Å². The van der Waals surface area contributed by atoms with Crippen molar-refractivity contribution >= 4 is 40.9 Å². The van der Waals surface area contributed by atoms with Crippen LogP contribution >= 0.6 is 11.8 Å². The number of piperidine rings is 1. The molecule has 0 bridgehead atoms. The minimum atomic E-state index is -0.0165. The lowest BCUT2D eigenvalue weighted by Crippen LogP contribution is -2.45. The molecule has 0 radical (unpaired) electrons. The van der Waals surface area contributed by atoms with Crippen molar-refractivity contribution < 1.29 is 14.4 Å². The van der Waals surface area contributed by atoms with Gasteiger partial charge in [0.15, 0.2) is 0 Å². The van der Waals surface area contributed by atoms with Gasteiger partial charge in [0.25, 0.3) is 0 Å². The van der Waals surface area contributed by atoms with Crippen LogP contribution in [0.4, 0.5) is 11.4 Å². The molecule has 154 valence electrons. The molecule has 1 N–H and O–H groups in total. The van der Waals surface area contributed by atoms with Gasteiger partial charge in [0, 0.05) is 43.9 Å². The number of anilines is 2. The lowest BCUT2D eigenvalue weighted by molar-refractivity contribution is -0.121. The second-order valence-electron chi connectivity index (χ2n) is 7.98. The van der Waals surface area contributed by atoms with E-state index in [1.54, 1.807) is 16.7 Å². The first-order valence-corrected chi connectivity index (χ1v) is 11.2. The average molecular weight is 414 g/mol. The molecule has 29 heavy (non-hydrogen) atoms. The molecule has 2 atom stereocenters. The summed E-state index contributed by atoms with van der Waals surface area (Å²) in [4.78, 5) is 41.6. The van der Waals surface area contributed by atoms with Crippen LogP contribution in [0.5, 0.6) is 0 Å². The number of hydrogen-bond acceptors (Lipinski definition) is 4. The van der Waals surface area contributed by atoms with E-state index in [1.165, 1.54) is 4.91 Å². The molecule has 4 rings (SSSR count). The number of nitrogens with zero attached hydrogens (tertiary/aromatic N) is 2. The summed E-state index contributed by atoms with van der Waals surface area (Å²) < 4.78 is 0. The van der Waals surface area contributed by atoms with E-state index in [-0.39, 0.29) is 28.9 Å². The molecule has 6 nitrogen and oxygen atoms in total. The summed E-state index contributed by atoms with van der Waals surface area (Å²) in [6.07, 6.45) is 5.69. The van der Waals surface area contributed by atoms with E-state index in [9.17, 15) is 14.4 Å². The Morgan fingerprint density at radius 3 is 2.41 bits per heavy atom. The molecule has 3 aliphatic rings. The summed E-state index contributed by atoms with van der Waals surface area (Å²) in [7, 11) is 0. The maximum atomic E-state index is 12.5. The van der Waals surface area contributed by atoms with Gasteiger partial charge in [-0.1, -0.05) is 6.08 Å². The van der Waals surface area contributed by atoms with Gasteiger partial charge in [0.1, 0.15) is 0 Å². The zero-order valence-electron chi connectivity index (χ0n) is 16.7. The fraction of sp³-hybridized carbons (Fsp3) is 0.500. The lowest BCUT2D eigenvalue weighted by Gasteiger charge is -2.33. The number of carbonyl (C=O) groups is 3. The van der Waals surface area contributed by atoms with E-state index < -0.39 is 0 Å². The number of benzene rings is 1. The third-order valence-corrected chi connectivity index (χ3v) is 7.09. The van der Waals surface area contributed by atoms with E-state index in [1.807, 2.05) is 36.1 Å². The van der Waals surface area contributed by atoms with E-state index in [0.29, 0.717) is 25.9 Å². The van der Waals surface area contributed by atoms with E-state index in [0.717, 1.165) is 37.2 Å². The highest BCUT2D eigenvalue weighted by atomic mass is 32.2. The zero-order chi connectivity index (χ0) is 20.4. The summed E-state index contributed by atoms with van der Waals surface area (Å²) in [5, 5.41) is 3.06. The zero-order valence-corrected chi connectivity index (χ0v) is 17.5. The van der Waals surface area contributed by atoms with Gasteiger partial charge in [-0.2, -0.15) is 0 Å². The van der Waals surface area contributed by atoms with Gasteiger partial charge in [-0.15, -0.1) is 11.8 Å². The van der Waals surface area contributed by atoms with Crippen LogP contribution in [0, 0.1) is 5.92 Å². The minimum Gasteiger partial charge on any atom is -0.355 e. The largest absolute Gasteiger partial charge is 0.355 e. The highest BCUT2D eigenvalue weighted by Gasteiger charge is 2.29. The predicted molar refractivity (Wildman–Crippen MR) is 116 cm³/mol. The van der Waals surface area contributed by atoms with Gasteiger partial charge in [0.2, 0.25) is 17.7 Å². The average Bonchev–Trinajstić information content (AvgIpc) is 3.35. The molecule has 1 aromatic carbocycles. The summed E-state index contributed by atoms with van der Waals surface area (Å²) in [6.45, 7) is 4.00. The van der Waals surface area contributed by atoms with Crippen LogP contribution < -0.4 is 15.1 Å². The van der Waals surface area contributed by atoms with Crippen LogP contribution in [0.25, 0.3) is 0 Å². The summed E-state index contributed by atoms with van der Waals surface area (Å²) in [5.74, 6) is 0.611. The molecule has 0 aromatic heterocycles. The maximum Gasteiger partial charge on any atom is 0.233 e. The smallest absolute Gasteiger partial charge is 0.233 e. The first kappa shape index (κ1) is 20.0. The van der Waals surface area contributed by atoms with Crippen molar-refractivity contribution in [1.82, 2.24) is 5.32 Å². The third-order valence-electron chi connectivity index (χ3n) is 5.86. The van der Waals surface area contributed by atoms with Gasteiger partial charge in [-0.05, 0) is 61.3 Å². The molecule has 3 heterocycles. The number of allylic oxidation sites excluding steroid dienone is 2. The first-order valence-electron chi connectivity index (χ1n) is 10.3. The van der Waals surface area contributed by atoms with Gasteiger partial charge in [-0.3, -0.25) is 14.4 Å². The molecule has 0 spiro atoms. The summed E-state index contributed by atoms with van der Waals surface area (Å²) in [5.41, 5.74) is 1.75. The van der Waals surface area contributed by atoms with Gasteiger partial charge in [-0.25, -0.2) is 0 Å². The topological polar surface area (TPSA) is 69.7 Å². The van der Waals surface area contributed by atoms with E-state index in [2.05, 4.69) is 11.4 Å². The molecule has 1 unspecified atom stereocenters. The van der Waals surface area contributed by atoms with Crippen LogP contribution in [-0.2, 0) is 14.4 Å². The van der Waals surface area contributed by atoms with Crippen molar-refractivity contribution in [3.8, 4) is 0 Å². The molecule has 1 aromatic rings. The monoisotopic (exact) mass is 413 g/mol. The second kappa shape index (κ2) is 8.61. The molecule has 7 heteroatoms. The van der Waals surface area contributed by atoms with Gasteiger partial charge < -0.3 is 15.1 Å². The first-order chi connectivity index (χ1) is 14.0. The Labute approximate surface area is 175 Å². The molecule has 0 saturated carbocycles. The highest BCUT2D eigenvalue weighted by molar-refractivity contribution is 8.04. The SMILES string of the molecule is CC1=CCC(C(=O)NC[C@@H]2CCC(=O)N(c3ccc(N4CCCC4=O)cc3)C2)S1. The fourth-order valence-electron chi connectivity index (χ4n) is 4.18. The van der Waals surface area contributed by atoms with Crippen molar-refractivity contribution in [2.45, 2.75) is 44.3 Å². The second-order valence-corrected chi connectivity index (χ2v) is 9.43. The van der Waals surface area contributed by atoms with Crippen molar-refractivity contribution in [1.29, 1.82) is 0 Å². The van der Waals surface area contributed by atoms with Crippen molar-refractivity contribution in [3.05, 3.63) is 35.2 Å². The Morgan fingerprint density at radius 2 is 1.79 bits per heavy atom. The normalized spacial score (nSPS) is 24.8. The minimum absolute atomic E-state index is 0.0165. The Hall–Kier alpha value is -2.28. The molecule has 2 fully saturated rings. The Balaban J connectivity index is 1.34. The Morgan fingerprint density at radius 1 is 1.10 bits per heavy atom. The number of nitrogens with one attached hydrogen (secondary N) is 1. The fourth-order valence-corrected chi connectivity index (χ4v) is 5.20. The molecular weight excluding hydrogens is 386 g/mol. The van der Waals surface area contributed by atoms with Crippen molar-refractivity contribution in [2.75, 3.05) is 29.4 Å². The molecule has 3 amide bonds. The standard InChI is InChI=1S/C22H27N3O3S/c1-15-4-10-19(29-15)22(28)23-13-16-5-11-21(27)25(14-16)18-8-6-17(7-9-18)24-12-2-3-20(24)26/h4,6-9,16,19H,2-3,5,10-14H2,1H3,(H,23,28)/t16-,19?/m0/s1. The van der Waals surface area contributed by atoms with Gasteiger partial charge >= 0.3 is 0 Å². The maximum absolute atomic E-state index is 12.5. The van der Waals surface area contributed by atoms with Crippen LogP contribution in [0.2, 0.25) is 0 Å². The quantitative estimate of drug-likeness (QED) is 0.805. The number of carbonyl (C=O) groups excluding carboxylic acids is 3. The molecule has 3 aliphatic heterocycles. The number of thioether (sulfide) groups is 1. The lowest BCUT2D eigenvalue weighted by atomic mass is 9.96.